The van der Waals surface area contributed by atoms with Crippen LogP contribution in [0.3, 0.4) is 0 Å². The third kappa shape index (κ3) is 4.09. The van der Waals surface area contributed by atoms with Crippen molar-refractivity contribution in [2.45, 2.75) is 50.1 Å². The molecule has 5 aromatic rings. The quantitative estimate of drug-likeness (QED) is 0.277. The molecule has 0 radical (unpaired) electrons. The SMILES string of the molecule is Cn1cnnc1-c1cc(F)ccc1-c1cc(C2CC2)nc(-n2cc(C(F)(F)F)c3nc(C4CCC4)[nH]c3c2=O)c1. The van der Waals surface area contributed by atoms with Gasteiger partial charge in [-0.05, 0) is 61.1 Å². The van der Waals surface area contributed by atoms with Gasteiger partial charge in [0.1, 0.15) is 40.4 Å². The lowest BCUT2D eigenvalue weighted by Gasteiger charge is -2.22. The first kappa shape index (κ1) is 24.7. The van der Waals surface area contributed by atoms with Gasteiger partial charge in [-0.1, -0.05) is 12.5 Å². The monoisotopic (exact) mass is 549 g/mol. The molecule has 0 bridgehead atoms. The Morgan fingerprint density at radius 2 is 1.80 bits per heavy atom. The second-order valence-electron chi connectivity index (χ2n) is 10.6. The summed E-state index contributed by atoms with van der Waals surface area (Å²) in [7, 11) is 1.73. The average molecular weight is 550 g/mol. The number of hydrogen-bond acceptors (Lipinski definition) is 5. The van der Waals surface area contributed by atoms with Crippen LogP contribution in [0.1, 0.15) is 61.0 Å². The number of hydrogen-bond donors (Lipinski definition) is 1. The van der Waals surface area contributed by atoms with Gasteiger partial charge in [-0.2, -0.15) is 13.2 Å². The summed E-state index contributed by atoms with van der Waals surface area (Å²) >= 11 is 0. The summed E-state index contributed by atoms with van der Waals surface area (Å²) in [5, 5.41) is 8.02. The molecule has 0 aliphatic heterocycles. The van der Waals surface area contributed by atoms with Crippen molar-refractivity contribution in [2.75, 3.05) is 0 Å². The minimum absolute atomic E-state index is 0.0155. The molecular formula is C28H23F4N7O. The van der Waals surface area contributed by atoms with Gasteiger partial charge in [0.25, 0.3) is 5.56 Å². The summed E-state index contributed by atoms with van der Waals surface area (Å²) in [6, 6.07) is 7.62. The predicted molar refractivity (Wildman–Crippen MR) is 138 cm³/mol. The van der Waals surface area contributed by atoms with E-state index in [0.29, 0.717) is 34.0 Å². The van der Waals surface area contributed by atoms with Gasteiger partial charge in [-0.15, -0.1) is 10.2 Å². The minimum Gasteiger partial charge on any atom is -0.337 e. The number of alkyl halides is 3. The van der Waals surface area contributed by atoms with Gasteiger partial charge in [0.15, 0.2) is 5.82 Å². The number of nitrogens with one attached hydrogen (secondary N) is 1. The Morgan fingerprint density at radius 1 is 1.00 bits per heavy atom. The third-order valence-corrected chi connectivity index (χ3v) is 7.78. The van der Waals surface area contributed by atoms with Crippen LogP contribution >= 0.6 is 0 Å². The van der Waals surface area contributed by atoms with E-state index in [4.69, 9.17) is 0 Å². The van der Waals surface area contributed by atoms with Gasteiger partial charge < -0.3 is 9.55 Å². The fraction of sp³-hybridized carbons (Fsp3) is 0.321. The molecule has 4 heterocycles. The Hall–Kier alpha value is -4.35. The number of rotatable bonds is 5. The number of benzene rings is 1. The fourth-order valence-corrected chi connectivity index (χ4v) is 5.25. The molecule has 0 spiro atoms. The van der Waals surface area contributed by atoms with E-state index < -0.39 is 23.1 Å². The molecule has 4 aromatic heterocycles. The fourth-order valence-electron chi connectivity index (χ4n) is 5.25. The summed E-state index contributed by atoms with van der Waals surface area (Å²) in [5.41, 5.74) is 0.0197. The first-order valence-electron chi connectivity index (χ1n) is 13.1. The zero-order chi connectivity index (χ0) is 27.8. The number of aryl methyl sites for hydroxylation is 1. The number of fused-ring (bicyclic) bond motifs is 1. The van der Waals surface area contributed by atoms with Crippen molar-refractivity contribution in [1.29, 1.82) is 0 Å². The van der Waals surface area contributed by atoms with E-state index in [0.717, 1.165) is 42.9 Å². The molecule has 1 aromatic carbocycles. The molecule has 40 heavy (non-hydrogen) atoms. The van der Waals surface area contributed by atoms with Gasteiger partial charge in [-0.25, -0.2) is 14.4 Å². The standard InChI is InChI=1S/C28H23F4N7O/c1-38-13-33-37-26(38)19-11-17(29)7-8-18(19)16-9-21(14-5-6-14)34-22(10-16)39-12-20(28(30,31)32)23-24(27(39)40)36-25(35-23)15-3-2-4-15/h7-15H,2-6H2,1H3,(H,35,36). The molecule has 12 heteroatoms. The van der Waals surface area contributed by atoms with E-state index in [1.807, 2.05) is 6.07 Å². The average Bonchev–Trinajstić information content (AvgIpc) is 3.51. The Balaban J connectivity index is 1.46. The minimum atomic E-state index is -4.74. The molecule has 0 saturated heterocycles. The van der Waals surface area contributed by atoms with Gasteiger partial charge >= 0.3 is 6.18 Å². The summed E-state index contributed by atoms with van der Waals surface area (Å²) in [6.45, 7) is 0. The van der Waals surface area contributed by atoms with Crippen LogP contribution in [-0.2, 0) is 13.2 Å². The van der Waals surface area contributed by atoms with Crippen LogP contribution < -0.4 is 5.56 Å². The smallest absolute Gasteiger partial charge is 0.337 e. The molecule has 8 nitrogen and oxygen atoms in total. The van der Waals surface area contributed by atoms with Crippen LogP contribution in [0.4, 0.5) is 17.6 Å². The summed E-state index contributed by atoms with van der Waals surface area (Å²) in [4.78, 5) is 25.4. The first-order chi connectivity index (χ1) is 19.2. The molecule has 1 N–H and O–H groups in total. The molecule has 2 fully saturated rings. The van der Waals surface area contributed by atoms with Gasteiger partial charge in [0.05, 0.1) is 0 Å². The second kappa shape index (κ2) is 8.83. The van der Waals surface area contributed by atoms with Crippen molar-refractivity contribution in [3.05, 3.63) is 76.1 Å². The molecule has 0 amide bonds. The van der Waals surface area contributed by atoms with Crippen molar-refractivity contribution < 1.29 is 17.6 Å². The Bertz CT molecular complexity index is 1840. The number of aromatic nitrogens is 7. The Morgan fingerprint density at radius 3 is 2.45 bits per heavy atom. The third-order valence-electron chi connectivity index (χ3n) is 7.78. The van der Waals surface area contributed by atoms with E-state index in [-0.39, 0.29) is 28.7 Å². The molecule has 2 saturated carbocycles. The maximum atomic E-state index is 14.4. The topological polar surface area (TPSA) is 94.3 Å². The van der Waals surface area contributed by atoms with Crippen LogP contribution in [0.5, 0.6) is 0 Å². The predicted octanol–water partition coefficient (Wildman–Crippen LogP) is 5.87. The number of halogens is 4. The lowest BCUT2D eigenvalue weighted by molar-refractivity contribution is -0.136. The highest BCUT2D eigenvalue weighted by Crippen LogP contribution is 2.42. The largest absolute Gasteiger partial charge is 0.419 e. The van der Waals surface area contributed by atoms with Gasteiger partial charge in [-0.3, -0.25) is 9.36 Å². The van der Waals surface area contributed by atoms with Crippen molar-refractivity contribution in [3.63, 3.8) is 0 Å². The molecule has 204 valence electrons. The molecule has 2 aliphatic carbocycles. The number of pyridine rings is 2. The normalized spacial score (nSPS) is 16.0. The molecule has 7 rings (SSSR count). The first-order valence-corrected chi connectivity index (χ1v) is 13.1. The molecular weight excluding hydrogens is 526 g/mol. The van der Waals surface area contributed by atoms with E-state index in [1.165, 1.54) is 18.5 Å². The van der Waals surface area contributed by atoms with Crippen LogP contribution in [0.15, 0.2) is 47.7 Å². The van der Waals surface area contributed by atoms with Crippen molar-refractivity contribution in [2.24, 2.45) is 7.05 Å². The highest BCUT2D eigenvalue weighted by Gasteiger charge is 2.37. The van der Waals surface area contributed by atoms with Gasteiger partial charge in [0.2, 0.25) is 0 Å². The number of imidazole rings is 1. The maximum Gasteiger partial charge on any atom is 0.419 e. The van der Waals surface area contributed by atoms with Crippen molar-refractivity contribution in [3.8, 4) is 28.3 Å². The van der Waals surface area contributed by atoms with E-state index >= 15 is 0 Å². The molecule has 0 atom stereocenters. The molecule has 0 unspecified atom stereocenters. The number of H-pyrrole nitrogens is 1. The highest BCUT2D eigenvalue weighted by molar-refractivity contribution is 5.82. The lowest BCUT2D eigenvalue weighted by Crippen LogP contribution is -2.23. The molecule has 2 aliphatic rings. The van der Waals surface area contributed by atoms with Crippen molar-refractivity contribution >= 4 is 11.0 Å². The second-order valence-corrected chi connectivity index (χ2v) is 10.6. The summed E-state index contributed by atoms with van der Waals surface area (Å²) < 4.78 is 59.7. The zero-order valence-corrected chi connectivity index (χ0v) is 21.3. The summed E-state index contributed by atoms with van der Waals surface area (Å²) in [6.07, 6.45) is 1.89. The number of aromatic amines is 1. The van der Waals surface area contributed by atoms with E-state index in [2.05, 4.69) is 25.1 Å². The van der Waals surface area contributed by atoms with Crippen LogP contribution in [0.25, 0.3) is 39.4 Å². The van der Waals surface area contributed by atoms with Crippen LogP contribution in [0.2, 0.25) is 0 Å². The van der Waals surface area contributed by atoms with E-state index in [1.54, 1.807) is 23.7 Å². The van der Waals surface area contributed by atoms with Crippen molar-refractivity contribution in [1.82, 2.24) is 34.3 Å². The zero-order valence-electron chi connectivity index (χ0n) is 21.3. The lowest BCUT2D eigenvalue weighted by atomic mass is 9.85. The Labute approximate surface area is 224 Å². The van der Waals surface area contributed by atoms with Crippen LogP contribution in [0, 0.1) is 5.82 Å². The summed E-state index contributed by atoms with van der Waals surface area (Å²) in [5.74, 6) is 0.528. The van der Waals surface area contributed by atoms with Gasteiger partial charge in [0, 0.05) is 36.3 Å². The Kier molecular flexibility index (Phi) is 5.45. The van der Waals surface area contributed by atoms with E-state index in [9.17, 15) is 22.4 Å². The van der Waals surface area contributed by atoms with Crippen LogP contribution in [-0.4, -0.2) is 34.3 Å². The highest BCUT2D eigenvalue weighted by atomic mass is 19.4. The maximum absolute atomic E-state index is 14.4. The number of nitrogens with zero attached hydrogens (tertiary/aromatic N) is 6.